The summed E-state index contributed by atoms with van der Waals surface area (Å²) in [6.45, 7) is 0. The van der Waals surface area contributed by atoms with E-state index in [-0.39, 0.29) is 5.17 Å². The minimum absolute atomic E-state index is 0.00741. The number of ether oxygens (including phenoxy) is 1. The van der Waals surface area contributed by atoms with Crippen molar-refractivity contribution in [2.75, 3.05) is 0 Å². The molecule has 1 aromatic heterocycles. The van der Waals surface area contributed by atoms with Crippen LogP contribution < -0.4 is 16.2 Å². The number of nitrogens with two attached hydrogens (primary N) is 2. The number of thiol groups is 1. The molecule has 1 heterocycles. The number of hydrogen-bond acceptors (Lipinski definition) is 4. The van der Waals surface area contributed by atoms with Crippen molar-refractivity contribution in [3.8, 4) is 5.75 Å². The molecule has 7 heteroatoms. The number of thiocarbonyl (C=S) groups is 1. The summed E-state index contributed by atoms with van der Waals surface area (Å²) < 4.78 is 4.86. The van der Waals surface area contributed by atoms with Crippen molar-refractivity contribution >= 4 is 35.3 Å². The molecule has 0 radical (unpaired) electrons. The number of amides is 1. The van der Waals surface area contributed by atoms with Gasteiger partial charge in [-0.15, -0.1) is 0 Å². The summed E-state index contributed by atoms with van der Waals surface area (Å²) in [5.74, 6) is 0.565. The Kier molecular flexibility index (Phi) is 6.42. The highest BCUT2D eigenvalue weighted by molar-refractivity contribution is 7.96. The fourth-order valence-electron chi connectivity index (χ4n) is 0.524. The lowest BCUT2D eigenvalue weighted by atomic mass is 10.5. The Balaban J connectivity index is 0.000000364. The van der Waals surface area contributed by atoms with Crippen LogP contribution >= 0.6 is 24.8 Å². The molecule has 5 nitrogen and oxygen atoms in total. The van der Waals surface area contributed by atoms with Crippen molar-refractivity contribution in [1.29, 1.82) is 0 Å². The fourth-order valence-corrected chi connectivity index (χ4v) is 0.620. The molecule has 0 atom stereocenters. The largest absolute Gasteiger partial charge is 0.430 e. The van der Waals surface area contributed by atoms with E-state index in [1.807, 2.05) is 0 Å². The number of carbonyl (C=O) groups is 1. The Hall–Kier alpha value is -1.34. The normalized spacial score (nSPS) is 8.07. The first kappa shape index (κ1) is 12.7. The van der Waals surface area contributed by atoms with Crippen LogP contribution in [0.15, 0.2) is 24.5 Å². The van der Waals surface area contributed by atoms with Gasteiger partial charge in [0.15, 0.2) is 0 Å². The maximum Gasteiger partial charge on any atom is 0.273 e. The third-order valence-corrected chi connectivity index (χ3v) is 0.936. The van der Waals surface area contributed by atoms with Crippen LogP contribution in [0.4, 0.5) is 4.79 Å². The average Bonchev–Trinajstić information content (AvgIpc) is 2.03. The van der Waals surface area contributed by atoms with E-state index in [9.17, 15) is 0 Å². The zero-order chi connectivity index (χ0) is 11.0. The zero-order valence-electron chi connectivity index (χ0n) is 7.08. The summed E-state index contributed by atoms with van der Waals surface area (Å²) >= 11 is 7.61. The number of hydrogen-bond donors (Lipinski definition) is 3. The van der Waals surface area contributed by atoms with Gasteiger partial charge in [0.25, 0.3) is 10.4 Å². The van der Waals surface area contributed by atoms with E-state index in [1.54, 1.807) is 24.5 Å². The highest BCUT2D eigenvalue weighted by atomic mass is 32.1. The molecule has 0 bridgehead atoms. The predicted octanol–water partition coefficient (Wildman–Crippen LogP) is 0.699. The molecule has 14 heavy (non-hydrogen) atoms. The minimum atomic E-state index is -0.639. The Labute approximate surface area is 91.9 Å². The molecular weight excluding hydrogens is 222 g/mol. The van der Waals surface area contributed by atoms with Crippen molar-refractivity contribution in [2.24, 2.45) is 11.5 Å². The molecule has 0 aromatic carbocycles. The summed E-state index contributed by atoms with van der Waals surface area (Å²) in [6.07, 6.45) is 3.19. The van der Waals surface area contributed by atoms with Gasteiger partial charge >= 0.3 is 0 Å². The number of pyridine rings is 1. The first-order chi connectivity index (χ1) is 6.52. The number of rotatable bonds is 1. The van der Waals surface area contributed by atoms with Crippen LogP contribution in [0.25, 0.3) is 0 Å². The molecule has 1 amide bonds. The van der Waals surface area contributed by atoms with E-state index in [2.05, 4.69) is 35.6 Å². The third-order valence-electron chi connectivity index (χ3n) is 0.853. The van der Waals surface area contributed by atoms with E-state index in [1.165, 1.54) is 0 Å². The van der Waals surface area contributed by atoms with Crippen molar-refractivity contribution in [3.63, 3.8) is 0 Å². The van der Waals surface area contributed by atoms with Crippen molar-refractivity contribution in [3.05, 3.63) is 24.5 Å². The van der Waals surface area contributed by atoms with Crippen molar-refractivity contribution in [2.45, 2.75) is 0 Å². The second-order valence-electron chi connectivity index (χ2n) is 1.95. The molecule has 0 aliphatic rings. The van der Waals surface area contributed by atoms with Gasteiger partial charge in [-0.3, -0.25) is 9.78 Å². The second kappa shape index (κ2) is 7.10. The second-order valence-corrected chi connectivity index (χ2v) is 2.79. The molecule has 4 N–H and O–H groups in total. The van der Waals surface area contributed by atoms with Crippen LogP contribution in [0.3, 0.4) is 0 Å². The molecule has 0 spiro atoms. The van der Waals surface area contributed by atoms with E-state index >= 15 is 0 Å². The number of carbonyl (C=O) groups excluding carboxylic acids is 1. The smallest absolute Gasteiger partial charge is 0.273 e. The van der Waals surface area contributed by atoms with Gasteiger partial charge in [-0.1, -0.05) is 12.6 Å². The van der Waals surface area contributed by atoms with Crippen LogP contribution in [0.1, 0.15) is 0 Å². The Morgan fingerprint density at radius 1 is 1.57 bits per heavy atom. The highest BCUT2D eigenvalue weighted by Gasteiger charge is 1.91. The highest BCUT2D eigenvalue weighted by Crippen LogP contribution is 2.04. The molecule has 0 saturated heterocycles. The lowest BCUT2D eigenvalue weighted by Gasteiger charge is -1.98. The summed E-state index contributed by atoms with van der Waals surface area (Å²) in [4.78, 5) is 12.9. The van der Waals surface area contributed by atoms with Crippen LogP contribution in [-0.2, 0) is 0 Å². The SMILES string of the molecule is NC(=O)S.NC(=S)Oc1cccnc1. The van der Waals surface area contributed by atoms with E-state index in [0.29, 0.717) is 5.75 Å². The van der Waals surface area contributed by atoms with E-state index in [4.69, 9.17) is 15.3 Å². The molecule has 0 saturated carbocycles. The lowest BCUT2D eigenvalue weighted by molar-refractivity contribution is 0.267. The zero-order valence-corrected chi connectivity index (χ0v) is 8.79. The molecule has 0 fully saturated rings. The van der Waals surface area contributed by atoms with Crippen molar-refractivity contribution in [1.82, 2.24) is 4.98 Å². The average molecular weight is 231 g/mol. The van der Waals surface area contributed by atoms with Gasteiger partial charge in [-0.25, -0.2) is 0 Å². The first-order valence-corrected chi connectivity index (χ1v) is 4.23. The topological polar surface area (TPSA) is 91.2 Å². The summed E-state index contributed by atoms with van der Waals surface area (Å²) in [5.41, 5.74) is 9.44. The van der Waals surface area contributed by atoms with Crippen molar-refractivity contribution < 1.29 is 9.53 Å². The maximum absolute atomic E-state index is 9.09. The van der Waals surface area contributed by atoms with Crippen LogP contribution in [0, 0.1) is 0 Å². The van der Waals surface area contributed by atoms with Gasteiger partial charge < -0.3 is 16.2 Å². The first-order valence-electron chi connectivity index (χ1n) is 3.38. The van der Waals surface area contributed by atoms with Gasteiger partial charge in [0, 0.05) is 6.20 Å². The molecule has 0 aliphatic heterocycles. The van der Waals surface area contributed by atoms with Gasteiger partial charge in [0.05, 0.1) is 6.20 Å². The molecule has 1 rings (SSSR count). The Morgan fingerprint density at radius 3 is 2.50 bits per heavy atom. The number of aromatic nitrogens is 1. The predicted molar refractivity (Wildman–Crippen MR) is 60.2 cm³/mol. The van der Waals surface area contributed by atoms with Crippen LogP contribution in [-0.4, -0.2) is 15.4 Å². The van der Waals surface area contributed by atoms with Gasteiger partial charge in [-0.2, -0.15) is 0 Å². The van der Waals surface area contributed by atoms with E-state index in [0.717, 1.165) is 0 Å². The van der Waals surface area contributed by atoms with Crippen LogP contribution in [0.5, 0.6) is 5.75 Å². The fraction of sp³-hybridized carbons (Fsp3) is 0. The standard InChI is InChI=1S/C6H6N2OS.CH3NOS/c7-6(10)9-5-2-1-3-8-4-5;2-1(3)4/h1-4H,(H2,7,10);(H3,2,3,4). The molecule has 0 unspecified atom stereocenters. The molecule has 0 aliphatic carbocycles. The number of primary amides is 1. The minimum Gasteiger partial charge on any atom is -0.430 e. The summed E-state index contributed by atoms with van der Waals surface area (Å²) in [5, 5.41) is -0.631. The van der Waals surface area contributed by atoms with E-state index < -0.39 is 5.24 Å². The number of nitrogens with zero attached hydrogens (tertiary/aromatic N) is 1. The van der Waals surface area contributed by atoms with Gasteiger partial charge in [-0.05, 0) is 24.4 Å². The third kappa shape index (κ3) is 8.75. The quantitative estimate of drug-likeness (QED) is 0.489. The molecule has 76 valence electrons. The lowest BCUT2D eigenvalue weighted by Crippen LogP contribution is -2.15. The summed E-state index contributed by atoms with van der Waals surface area (Å²) in [7, 11) is 0. The summed E-state index contributed by atoms with van der Waals surface area (Å²) in [6, 6.07) is 3.47. The monoisotopic (exact) mass is 231 g/mol. The van der Waals surface area contributed by atoms with Gasteiger partial charge in [0.2, 0.25) is 0 Å². The Morgan fingerprint density at radius 2 is 2.14 bits per heavy atom. The van der Waals surface area contributed by atoms with Crippen LogP contribution in [0.2, 0.25) is 0 Å². The maximum atomic E-state index is 9.09. The molecule has 1 aromatic rings. The Bertz CT molecular complexity index is 301. The van der Waals surface area contributed by atoms with Gasteiger partial charge in [0.1, 0.15) is 5.75 Å². The molecular formula is C7H9N3O2S2.